The Hall–Kier alpha value is -2.04. The van der Waals surface area contributed by atoms with Crippen molar-refractivity contribution in [3.8, 4) is 0 Å². The lowest BCUT2D eigenvalue weighted by Gasteiger charge is -2.35. The van der Waals surface area contributed by atoms with Crippen molar-refractivity contribution in [1.82, 2.24) is 9.80 Å². The second-order valence-electron chi connectivity index (χ2n) is 6.53. The second-order valence-corrected chi connectivity index (χ2v) is 6.94. The molecular weight excluding hydrogens is 334 g/mol. The van der Waals surface area contributed by atoms with Crippen molar-refractivity contribution in [1.29, 1.82) is 0 Å². The number of hydrogen-bond acceptors (Lipinski definition) is 2. The van der Waals surface area contributed by atoms with Crippen molar-refractivity contribution in [3.63, 3.8) is 0 Å². The molecule has 0 atom stereocenters. The summed E-state index contributed by atoms with van der Waals surface area (Å²) >= 11 is 6.24. The van der Waals surface area contributed by atoms with E-state index in [9.17, 15) is 4.79 Å². The number of benzene rings is 2. The first-order valence-electron chi connectivity index (χ1n) is 8.62. The van der Waals surface area contributed by atoms with Crippen LogP contribution in [0.15, 0.2) is 42.5 Å². The van der Waals surface area contributed by atoms with Gasteiger partial charge in [-0.15, -0.1) is 0 Å². The van der Waals surface area contributed by atoms with Crippen molar-refractivity contribution in [2.45, 2.75) is 20.4 Å². The van der Waals surface area contributed by atoms with Gasteiger partial charge in [0.1, 0.15) is 0 Å². The molecule has 1 fully saturated rings. The van der Waals surface area contributed by atoms with Crippen LogP contribution in [0.5, 0.6) is 0 Å². The summed E-state index contributed by atoms with van der Waals surface area (Å²) in [5.74, 6) is 0. The van der Waals surface area contributed by atoms with E-state index < -0.39 is 0 Å². The summed E-state index contributed by atoms with van der Waals surface area (Å²) in [6.45, 7) is 8.07. The summed E-state index contributed by atoms with van der Waals surface area (Å²) in [6, 6.07) is 13.9. The van der Waals surface area contributed by atoms with Crippen molar-refractivity contribution < 1.29 is 4.79 Å². The number of anilines is 1. The van der Waals surface area contributed by atoms with Crippen LogP contribution >= 0.6 is 11.6 Å². The zero-order valence-corrected chi connectivity index (χ0v) is 15.5. The molecule has 2 amide bonds. The Morgan fingerprint density at radius 1 is 1.04 bits per heavy atom. The van der Waals surface area contributed by atoms with Crippen LogP contribution in [0.4, 0.5) is 10.5 Å². The summed E-state index contributed by atoms with van der Waals surface area (Å²) in [7, 11) is 0. The normalized spacial score (nSPS) is 15.2. The van der Waals surface area contributed by atoms with E-state index in [0.717, 1.165) is 54.6 Å². The molecule has 25 heavy (non-hydrogen) atoms. The highest BCUT2D eigenvalue weighted by atomic mass is 35.5. The molecule has 1 aliphatic heterocycles. The van der Waals surface area contributed by atoms with E-state index in [-0.39, 0.29) is 6.03 Å². The van der Waals surface area contributed by atoms with Crippen molar-refractivity contribution >= 4 is 23.3 Å². The molecule has 3 rings (SSSR count). The number of piperazine rings is 1. The summed E-state index contributed by atoms with van der Waals surface area (Å²) < 4.78 is 0. The van der Waals surface area contributed by atoms with Crippen molar-refractivity contribution in [2.75, 3.05) is 31.5 Å². The van der Waals surface area contributed by atoms with Gasteiger partial charge >= 0.3 is 6.03 Å². The molecule has 0 bridgehead atoms. The number of carbonyl (C=O) groups excluding carboxylic acids is 1. The lowest BCUT2D eigenvalue weighted by molar-refractivity contribution is 0.143. The second kappa shape index (κ2) is 7.89. The van der Waals surface area contributed by atoms with Gasteiger partial charge in [0.05, 0.1) is 0 Å². The maximum atomic E-state index is 12.5. The number of rotatable bonds is 3. The number of nitrogens with one attached hydrogen (secondary N) is 1. The predicted molar refractivity (Wildman–Crippen MR) is 103 cm³/mol. The molecule has 0 spiro atoms. The molecule has 0 aromatic heterocycles. The maximum Gasteiger partial charge on any atom is 0.321 e. The lowest BCUT2D eigenvalue weighted by Crippen LogP contribution is -2.49. The van der Waals surface area contributed by atoms with Crippen LogP contribution in [-0.2, 0) is 6.54 Å². The molecule has 1 aliphatic rings. The molecule has 0 saturated carbocycles. The maximum absolute atomic E-state index is 12.5. The summed E-state index contributed by atoms with van der Waals surface area (Å²) in [5, 5.41) is 3.85. The van der Waals surface area contributed by atoms with Crippen LogP contribution in [0.1, 0.15) is 16.7 Å². The fourth-order valence-corrected chi connectivity index (χ4v) is 3.25. The first-order chi connectivity index (χ1) is 12.0. The van der Waals surface area contributed by atoms with E-state index in [1.54, 1.807) is 0 Å². The number of carbonyl (C=O) groups is 1. The average molecular weight is 358 g/mol. The molecule has 0 radical (unpaired) electrons. The standard InChI is InChI=1S/C20H24ClN3O/c1-15-6-5-9-19(16(15)2)22-20(25)24-12-10-23(11-13-24)14-17-7-3-4-8-18(17)21/h3-9H,10-14H2,1-2H3,(H,22,25). The van der Waals surface area contributed by atoms with Gasteiger partial charge in [0.15, 0.2) is 0 Å². The molecule has 0 aliphatic carbocycles. The Kier molecular flexibility index (Phi) is 5.61. The zero-order chi connectivity index (χ0) is 17.8. The monoisotopic (exact) mass is 357 g/mol. The van der Waals surface area contributed by atoms with Crippen molar-refractivity contribution in [2.24, 2.45) is 0 Å². The van der Waals surface area contributed by atoms with E-state index >= 15 is 0 Å². The highest BCUT2D eigenvalue weighted by Gasteiger charge is 2.22. The van der Waals surface area contributed by atoms with Crippen LogP contribution in [-0.4, -0.2) is 42.0 Å². The minimum Gasteiger partial charge on any atom is -0.322 e. The quantitative estimate of drug-likeness (QED) is 0.888. The van der Waals surface area contributed by atoms with Gasteiger partial charge in [-0.05, 0) is 42.7 Å². The van der Waals surface area contributed by atoms with Gasteiger partial charge in [0.25, 0.3) is 0 Å². The Morgan fingerprint density at radius 2 is 1.76 bits per heavy atom. The highest BCUT2D eigenvalue weighted by Crippen LogP contribution is 2.20. The number of hydrogen-bond donors (Lipinski definition) is 1. The minimum atomic E-state index is -0.0221. The predicted octanol–water partition coefficient (Wildman–Crippen LogP) is 4.31. The average Bonchev–Trinajstić information content (AvgIpc) is 2.61. The van der Waals surface area contributed by atoms with E-state index in [2.05, 4.69) is 29.3 Å². The number of nitrogens with zero attached hydrogens (tertiary/aromatic N) is 2. The minimum absolute atomic E-state index is 0.0221. The zero-order valence-electron chi connectivity index (χ0n) is 14.8. The smallest absolute Gasteiger partial charge is 0.321 e. The van der Waals surface area contributed by atoms with E-state index in [4.69, 9.17) is 11.6 Å². The van der Waals surface area contributed by atoms with E-state index in [1.807, 2.05) is 42.2 Å². The van der Waals surface area contributed by atoms with Gasteiger partial charge < -0.3 is 10.2 Å². The van der Waals surface area contributed by atoms with Crippen LogP contribution < -0.4 is 5.32 Å². The molecule has 132 valence electrons. The third kappa shape index (κ3) is 4.33. The Balaban J connectivity index is 1.54. The molecule has 2 aromatic rings. The molecule has 4 nitrogen and oxygen atoms in total. The molecule has 5 heteroatoms. The van der Waals surface area contributed by atoms with Gasteiger partial charge in [-0.3, -0.25) is 4.90 Å². The molecule has 2 aromatic carbocycles. The molecule has 1 heterocycles. The molecular formula is C20H24ClN3O. The van der Waals surface area contributed by atoms with Gasteiger partial charge in [0.2, 0.25) is 0 Å². The fraction of sp³-hybridized carbons (Fsp3) is 0.350. The van der Waals surface area contributed by atoms with Gasteiger partial charge in [-0.2, -0.15) is 0 Å². The van der Waals surface area contributed by atoms with Gasteiger partial charge in [-0.1, -0.05) is 41.9 Å². The summed E-state index contributed by atoms with van der Waals surface area (Å²) in [4.78, 5) is 16.7. The largest absolute Gasteiger partial charge is 0.322 e. The number of halogens is 1. The first kappa shape index (κ1) is 17.8. The SMILES string of the molecule is Cc1cccc(NC(=O)N2CCN(Cc3ccccc3Cl)CC2)c1C. The summed E-state index contributed by atoms with van der Waals surface area (Å²) in [6.07, 6.45) is 0. The van der Waals surface area contributed by atoms with E-state index in [1.165, 1.54) is 5.56 Å². The highest BCUT2D eigenvalue weighted by molar-refractivity contribution is 6.31. The number of aryl methyl sites for hydroxylation is 1. The fourth-order valence-electron chi connectivity index (χ4n) is 3.06. The molecule has 1 saturated heterocycles. The number of amides is 2. The summed E-state index contributed by atoms with van der Waals surface area (Å²) in [5.41, 5.74) is 4.33. The molecule has 1 N–H and O–H groups in total. The van der Waals surface area contributed by atoms with Crippen LogP contribution in [0.25, 0.3) is 0 Å². The van der Waals surface area contributed by atoms with Crippen LogP contribution in [0, 0.1) is 13.8 Å². The van der Waals surface area contributed by atoms with E-state index in [0.29, 0.717) is 0 Å². The first-order valence-corrected chi connectivity index (χ1v) is 9.00. The van der Waals surface area contributed by atoms with Gasteiger partial charge in [-0.25, -0.2) is 4.79 Å². The van der Waals surface area contributed by atoms with Crippen molar-refractivity contribution in [3.05, 3.63) is 64.2 Å². The Labute approximate surface area is 154 Å². The number of urea groups is 1. The lowest BCUT2D eigenvalue weighted by atomic mass is 10.1. The topological polar surface area (TPSA) is 35.6 Å². The Bertz CT molecular complexity index is 754. The third-order valence-electron chi connectivity index (χ3n) is 4.86. The van der Waals surface area contributed by atoms with Crippen LogP contribution in [0.2, 0.25) is 5.02 Å². The Morgan fingerprint density at radius 3 is 2.48 bits per heavy atom. The molecule has 0 unspecified atom stereocenters. The van der Waals surface area contributed by atoms with Crippen LogP contribution in [0.3, 0.4) is 0 Å². The third-order valence-corrected chi connectivity index (χ3v) is 5.23. The van der Waals surface area contributed by atoms with Gasteiger partial charge in [0, 0.05) is 43.4 Å².